The van der Waals surface area contributed by atoms with Crippen molar-refractivity contribution in [3.8, 4) is 0 Å². The SMILES string of the molecule is Cc1ccc2nc(CN3CCC[C@@H]3Cn3cccn3)cc(=O)n2c1. The fourth-order valence-corrected chi connectivity index (χ4v) is 3.48. The largest absolute Gasteiger partial charge is 0.293 e. The number of aromatic nitrogens is 4. The van der Waals surface area contributed by atoms with Crippen LogP contribution in [0.4, 0.5) is 0 Å². The maximum Gasteiger partial charge on any atom is 0.258 e. The van der Waals surface area contributed by atoms with E-state index in [4.69, 9.17) is 0 Å². The highest BCUT2D eigenvalue weighted by molar-refractivity contribution is 5.39. The molecule has 124 valence electrons. The van der Waals surface area contributed by atoms with Gasteiger partial charge >= 0.3 is 0 Å². The maximum absolute atomic E-state index is 12.4. The van der Waals surface area contributed by atoms with Gasteiger partial charge in [-0.25, -0.2) is 4.98 Å². The number of fused-ring (bicyclic) bond motifs is 1. The van der Waals surface area contributed by atoms with Crippen LogP contribution >= 0.6 is 0 Å². The van der Waals surface area contributed by atoms with Crippen molar-refractivity contribution in [3.05, 3.63) is 64.5 Å². The summed E-state index contributed by atoms with van der Waals surface area (Å²) in [5.74, 6) is 0. The van der Waals surface area contributed by atoms with Crippen molar-refractivity contribution >= 4 is 5.65 Å². The first-order chi connectivity index (χ1) is 11.7. The zero-order chi connectivity index (χ0) is 16.5. The van der Waals surface area contributed by atoms with Crippen LogP contribution in [0.5, 0.6) is 0 Å². The van der Waals surface area contributed by atoms with E-state index in [0.717, 1.165) is 30.8 Å². The van der Waals surface area contributed by atoms with Gasteiger partial charge in [-0.3, -0.25) is 18.8 Å². The number of likely N-dealkylation sites (tertiary alicyclic amines) is 1. The highest BCUT2D eigenvalue weighted by atomic mass is 16.1. The van der Waals surface area contributed by atoms with Crippen LogP contribution in [0.2, 0.25) is 0 Å². The standard InChI is InChI=1S/C18H21N5O/c1-14-5-6-17-20-15(10-18(24)23(17)11-14)12-21-8-2-4-16(21)13-22-9-3-7-19-22/h3,5-7,9-11,16H,2,4,8,12-13H2,1H3/t16-/m1/s1. The van der Waals surface area contributed by atoms with E-state index < -0.39 is 0 Å². The Morgan fingerprint density at radius 3 is 3.08 bits per heavy atom. The number of pyridine rings is 1. The Morgan fingerprint density at radius 1 is 1.33 bits per heavy atom. The zero-order valence-corrected chi connectivity index (χ0v) is 13.8. The minimum absolute atomic E-state index is 0.0125. The van der Waals surface area contributed by atoms with Crippen molar-refractivity contribution in [2.45, 2.75) is 38.9 Å². The lowest BCUT2D eigenvalue weighted by Gasteiger charge is -2.24. The molecular formula is C18H21N5O. The molecule has 4 rings (SSSR count). The summed E-state index contributed by atoms with van der Waals surface area (Å²) in [4.78, 5) is 19.4. The van der Waals surface area contributed by atoms with Crippen LogP contribution in [0.25, 0.3) is 5.65 Å². The molecule has 6 heteroatoms. The molecule has 6 nitrogen and oxygen atoms in total. The number of hydrogen-bond acceptors (Lipinski definition) is 4. The van der Waals surface area contributed by atoms with E-state index in [1.165, 1.54) is 6.42 Å². The van der Waals surface area contributed by atoms with Crippen molar-refractivity contribution in [1.82, 2.24) is 24.1 Å². The third-order valence-electron chi connectivity index (χ3n) is 4.68. The molecule has 3 aromatic rings. The molecule has 0 aromatic carbocycles. The molecule has 4 heterocycles. The molecule has 1 aliphatic rings. The fraction of sp³-hybridized carbons (Fsp3) is 0.389. The van der Waals surface area contributed by atoms with E-state index in [0.29, 0.717) is 18.2 Å². The lowest BCUT2D eigenvalue weighted by Crippen LogP contribution is -2.33. The van der Waals surface area contributed by atoms with Crippen LogP contribution in [0.3, 0.4) is 0 Å². The van der Waals surface area contributed by atoms with Crippen LogP contribution in [0, 0.1) is 6.92 Å². The molecule has 0 radical (unpaired) electrons. The van der Waals surface area contributed by atoms with E-state index in [9.17, 15) is 4.79 Å². The summed E-state index contributed by atoms with van der Waals surface area (Å²) in [5, 5.41) is 4.31. The molecule has 0 spiro atoms. The van der Waals surface area contributed by atoms with E-state index in [1.807, 2.05) is 48.4 Å². The summed E-state index contributed by atoms with van der Waals surface area (Å²) in [6.45, 7) is 4.62. The van der Waals surface area contributed by atoms with Crippen molar-refractivity contribution in [3.63, 3.8) is 0 Å². The quantitative estimate of drug-likeness (QED) is 0.735. The predicted molar refractivity (Wildman–Crippen MR) is 91.9 cm³/mol. The second kappa shape index (κ2) is 6.20. The Hall–Kier alpha value is -2.47. The summed E-state index contributed by atoms with van der Waals surface area (Å²) in [6, 6.07) is 7.96. The van der Waals surface area contributed by atoms with Crippen molar-refractivity contribution < 1.29 is 0 Å². The molecule has 0 amide bonds. The van der Waals surface area contributed by atoms with E-state index >= 15 is 0 Å². The molecule has 0 N–H and O–H groups in total. The average molecular weight is 323 g/mol. The average Bonchev–Trinajstić information content (AvgIpc) is 3.21. The van der Waals surface area contributed by atoms with Gasteiger partial charge in [0, 0.05) is 37.2 Å². The monoisotopic (exact) mass is 323 g/mol. The molecule has 0 saturated carbocycles. The molecule has 1 aliphatic heterocycles. The van der Waals surface area contributed by atoms with Gasteiger partial charge in [0.1, 0.15) is 5.65 Å². The number of aryl methyl sites for hydroxylation is 1. The first-order valence-electron chi connectivity index (χ1n) is 8.39. The lowest BCUT2D eigenvalue weighted by molar-refractivity contribution is 0.217. The number of rotatable bonds is 4. The number of nitrogens with zero attached hydrogens (tertiary/aromatic N) is 5. The fourth-order valence-electron chi connectivity index (χ4n) is 3.48. The number of hydrogen-bond donors (Lipinski definition) is 0. The van der Waals surface area contributed by atoms with Crippen molar-refractivity contribution in [2.24, 2.45) is 0 Å². The summed E-state index contributed by atoms with van der Waals surface area (Å²) >= 11 is 0. The highest BCUT2D eigenvalue weighted by Gasteiger charge is 2.25. The summed E-state index contributed by atoms with van der Waals surface area (Å²) in [6.07, 6.45) is 7.99. The van der Waals surface area contributed by atoms with Gasteiger partial charge in [-0.05, 0) is 44.0 Å². The normalized spacial score (nSPS) is 18.5. The van der Waals surface area contributed by atoms with E-state index in [2.05, 4.69) is 15.0 Å². The second-order valence-electron chi connectivity index (χ2n) is 6.51. The third-order valence-corrected chi connectivity index (χ3v) is 4.68. The van der Waals surface area contributed by atoms with Gasteiger partial charge < -0.3 is 0 Å². The highest BCUT2D eigenvalue weighted by Crippen LogP contribution is 2.20. The summed E-state index contributed by atoms with van der Waals surface area (Å²) in [7, 11) is 0. The first kappa shape index (κ1) is 15.1. The van der Waals surface area contributed by atoms with Gasteiger partial charge in [-0.2, -0.15) is 5.10 Å². The smallest absolute Gasteiger partial charge is 0.258 e. The lowest BCUT2D eigenvalue weighted by atomic mass is 10.2. The molecule has 0 unspecified atom stereocenters. The van der Waals surface area contributed by atoms with Gasteiger partial charge in [0.05, 0.1) is 12.2 Å². The first-order valence-corrected chi connectivity index (χ1v) is 8.39. The van der Waals surface area contributed by atoms with E-state index in [1.54, 1.807) is 10.5 Å². The Kier molecular flexibility index (Phi) is 3.90. The van der Waals surface area contributed by atoms with Gasteiger partial charge in [-0.1, -0.05) is 6.07 Å². The zero-order valence-electron chi connectivity index (χ0n) is 13.8. The second-order valence-corrected chi connectivity index (χ2v) is 6.51. The minimum Gasteiger partial charge on any atom is -0.293 e. The molecule has 3 aromatic heterocycles. The summed E-state index contributed by atoms with van der Waals surface area (Å²) < 4.78 is 3.60. The van der Waals surface area contributed by atoms with Crippen LogP contribution in [0.1, 0.15) is 24.1 Å². The van der Waals surface area contributed by atoms with Gasteiger partial charge in [0.15, 0.2) is 0 Å². The maximum atomic E-state index is 12.4. The minimum atomic E-state index is -0.0125. The van der Waals surface area contributed by atoms with Gasteiger partial charge in [-0.15, -0.1) is 0 Å². The molecule has 24 heavy (non-hydrogen) atoms. The topological polar surface area (TPSA) is 55.4 Å². The Morgan fingerprint density at radius 2 is 2.25 bits per heavy atom. The molecular weight excluding hydrogens is 302 g/mol. The van der Waals surface area contributed by atoms with Crippen LogP contribution in [-0.2, 0) is 13.1 Å². The van der Waals surface area contributed by atoms with Crippen LogP contribution in [0.15, 0.2) is 47.7 Å². The molecule has 0 bridgehead atoms. The Bertz CT molecular complexity index is 899. The van der Waals surface area contributed by atoms with Gasteiger partial charge in [0.25, 0.3) is 5.56 Å². The molecule has 1 fully saturated rings. The molecule has 1 saturated heterocycles. The van der Waals surface area contributed by atoms with Crippen LogP contribution < -0.4 is 5.56 Å². The van der Waals surface area contributed by atoms with Crippen molar-refractivity contribution in [1.29, 1.82) is 0 Å². The predicted octanol–water partition coefficient (Wildman–Crippen LogP) is 1.86. The third kappa shape index (κ3) is 2.97. The van der Waals surface area contributed by atoms with Crippen LogP contribution in [-0.4, -0.2) is 36.7 Å². The van der Waals surface area contributed by atoms with Gasteiger partial charge in [0.2, 0.25) is 0 Å². The molecule has 1 atom stereocenters. The summed E-state index contributed by atoms with van der Waals surface area (Å²) in [5.41, 5.74) is 2.60. The van der Waals surface area contributed by atoms with Crippen molar-refractivity contribution in [2.75, 3.05) is 6.54 Å². The van der Waals surface area contributed by atoms with E-state index in [-0.39, 0.29) is 5.56 Å². The molecule has 0 aliphatic carbocycles. The Labute approximate surface area is 140 Å². The Balaban J connectivity index is 1.57.